The maximum absolute atomic E-state index is 14.0. The van der Waals surface area contributed by atoms with Crippen LogP contribution < -0.4 is 4.90 Å². The molecule has 1 unspecified atom stereocenters. The maximum atomic E-state index is 14.0. The third-order valence-electron chi connectivity index (χ3n) is 8.17. The Morgan fingerprint density at radius 2 is 1.15 bits per heavy atom. The summed E-state index contributed by atoms with van der Waals surface area (Å²) in [5.74, 6) is -2.43. The van der Waals surface area contributed by atoms with Crippen LogP contribution in [-0.2, 0) is 9.59 Å². The van der Waals surface area contributed by atoms with Gasteiger partial charge in [0.15, 0.2) is 11.5 Å². The Bertz CT molecular complexity index is 1210. The average molecular weight is 464 g/mol. The minimum Gasteiger partial charge on any atom is -0.504 e. The Morgan fingerprint density at radius 3 is 1.53 bits per heavy atom. The van der Waals surface area contributed by atoms with Gasteiger partial charge in [0.1, 0.15) is 14.1 Å². The van der Waals surface area contributed by atoms with Crippen LogP contribution in [0.4, 0.5) is 5.69 Å². The number of anilines is 1. The van der Waals surface area contributed by atoms with Crippen molar-refractivity contribution in [2.45, 2.75) is 55.4 Å². The Kier molecular flexibility index (Phi) is 6.55. The predicted molar refractivity (Wildman–Crippen MR) is 140 cm³/mol. The second-order valence-corrected chi connectivity index (χ2v) is 10.4. The van der Waals surface area contributed by atoms with Crippen LogP contribution in [0.25, 0.3) is 5.57 Å². The molecule has 0 bridgehead atoms. The second-order valence-electron chi connectivity index (χ2n) is 10.4. The monoisotopic (exact) mass is 463 g/mol. The molecule has 34 heavy (non-hydrogen) atoms. The first-order chi connectivity index (χ1) is 15.7. The van der Waals surface area contributed by atoms with Gasteiger partial charge in [-0.3, -0.25) is 9.59 Å². The first-order valence-electron chi connectivity index (χ1n) is 11.9. The van der Waals surface area contributed by atoms with Crippen molar-refractivity contribution in [3.05, 3.63) is 55.9 Å². The lowest BCUT2D eigenvalue weighted by Crippen LogP contribution is -2.34. The number of allylic oxidation sites excluding steroid dienone is 6. The van der Waals surface area contributed by atoms with Crippen molar-refractivity contribution in [3.63, 3.8) is 0 Å². The van der Waals surface area contributed by atoms with Crippen LogP contribution in [0.5, 0.6) is 0 Å². The van der Waals surface area contributed by atoms with E-state index in [2.05, 4.69) is 9.48 Å². The van der Waals surface area contributed by atoms with E-state index in [0.29, 0.717) is 5.56 Å². The van der Waals surface area contributed by atoms with Crippen LogP contribution in [0.2, 0.25) is 0 Å². The quantitative estimate of drug-likeness (QED) is 0.504. The van der Waals surface area contributed by atoms with Gasteiger partial charge >= 0.3 is 0 Å². The molecule has 0 amide bonds. The number of aliphatic hydroxyl groups is 1. The number of aliphatic hydroxyl groups excluding tert-OH is 1. The Labute approximate surface area is 204 Å². The molecule has 1 aromatic carbocycles. The van der Waals surface area contributed by atoms with E-state index in [0.717, 1.165) is 55.9 Å². The zero-order valence-electron chi connectivity index (χ0n) is 22.8. The van der Waals surface area contributed by atoms with E-state index in [-0.39, 0.29) is 17.3 Å². The summed E-state index contributed by atoms with van der Waals surface area (Å²) in [7, 11) is 8.02. The molecule has 3 rings (SSSR count). The molecule has 0 radical (unpaired) electrons. The van der Waals surface area contributed by atoms with Gasteiger partial charge in [0.05, 0.1) is 11.5 Å². The molecule has 0 fully saturated rings. The summed E-state index contributed by atoms with van der Waals surface area (Å²) in [6.45, 7) is 16.1. The van der Waals surface area contributed by atoms with Crippen molar-refractivity contribution in [2.75, 3.05) is 33.1 Å². The molecule has 0 saturated carbocycles. The summed E-state index contributed by atoms with van der Waals surface area (Å²) in [6.07, 6.45) is 0. The lowest BCUT2D eigenvalue weighted by molar-refractivity contribution is -0.463. The largest absolute Gasteiger partial charge is 0.504 e. The molecule has 1 aromatic rings. The number of hydrogen-bond acceptors (Lipinski definition) is 4. The summed E-state index contributed by atoms with van der Waals surface area (Å²) < 4.78 is 2.08. The third kappa shape index (κ3) is 3.48. The normalized spacial score (nSPS) is 21.4. The van der Waals surface area contributed by atoms with E-state index in [1.165, 1.54) is 0 Å². The number of rotatable bonds is 3. The minimum atomic E-state index is -0.934. The van der Waals surface area contributed by atoms with Crippen LogP contribution in [-0.4, -0.2) is 55.2 Å². The van der Waals surface area contributed by atoms with Crippen molar-refractivity contribution in [3.8, 4) is 0 Å². The molecule has 0 aliphatic heterocycles. The number of hydrogen-bond donors (Lipinski definition) is 1. The Balaban J connectivity index is 2.24. The SMILES string of the molecule is CC1=C(C)C(C2C(=O)C(O)=C(c3c(C)c(C)c(N(C)C)c(C)c3C)C2=O)C(C)=C(C)C1=[N+](C)C. The highest BCUT2D eigenvalue weighted by Crippen LogP contribution is 2.46. The summed E-state index contributed by atoms with van der Waals surface area (Å²) in [4.78, 5) is 29.5. The zero-order valence-corrected chi connectivity index (χ0v) is 22.8. The topological polar surface area (TPSA) is 60.6 Å². The summed E-state index contributed by atoms with van der Waals surface area (Å²) in [5.41, 5.74) is 11.3. The molecular weight excluding hydrogens is 424 g/mol. The molecule has 1 N–H and O–H groups in total. The molecule has 0 spiro atoms. The Morgan fingerprint density at radius 1 is 0.706 bits per heavy atom. The molecule has 182 valence electrons. The molecule has 0 aromatic heterocycles. The van der Waals surface area contributed by atoms with Gasteiger partial charge in [0.25, 0.3) is 0 Å². The van der Waals surface area contributed by atoms with Gasteiger partial charge in [-0.1, -0.05) is 11.1 Å². The van der Waals surface area contributed by atoms with Gasteiger partial charge in [-0.05, 0) is 83.2 Å². The third-order valence-corrected chi connectivity index (χ3v) is 8.17. The molecule has 2 aliphatic carbocycles. The minimum absolute atomic E-state index is 0.180. The van der Waals surface area contributed by atoms with E-state index < -0.39 is 17.5 Å². The number of carbonyl (C=O) groups excluding carboxylic acids is 2. The van der Waals surface area contributed by atoms with Crippen LogP contribution >= 0.6 is 0 Å². The lowest BCUT2D eigenvalue weighted by Gasteiger charge is -2.31. The number of ketones is 2. The van der Waals surface area contributed by atoms with Gasteiger partial charge in [-0.15, -0.1) is 0 Å². The average Bonchev–Trinajstić information content (AvgIpc) is 2.95. The zero-order chi connectivity index (χ0) is 26.0. The molecular formula is C29H39N2O3+. The van der Waals surface area contributed by atoms with Crippen molar-refractivity contribution < 1.29 is 19.3 Å². The van der Waals surface area contributed by atoms with E-state index in [4.69, 9.17) is 0 Å². The first-order valence-corrected chi connectivity index (χ1v) is 11.9. The van der Waals surface area contributed by atoms with Crippen LogP contribution in [0, 0.1) is 39.5 Å². The van der Waals surface area contributed by atoms with Gasteiger partial charge in [-0.25, -0.2) is 4.58 Å². The van der Waals surface area contributed by atoms with Crippen molar-refractivity contribution >= 4 is 28.5 Å². The number of benzene rings is 1. The molecule has 2 aliphatic rings. The van der Waals surface area contributed by atoms with E-state index in [9.17, 15) is 14.7 Å². The first kappa shape index (κ1) is 25.7. The number of Topliss-reactive ketones (excluding diaryl/α,β-unsaturated/α-hetero) is 2. The van der Waals surface area contributed by atoms with Gasteiger partial charge < -0.3 is 10.0 Å². The molecule has 0 heterocycles. The fourth-order valence-electron chi connectivity index (χ4n) is 6.16. The highest BCUT2D eigenvalue weighted by atomic mass is 16.3. The lowest BCUT2D eigenvalue weighted by atomic mass is 9.70. The van der Waals surface area contributed by atoms with Crippen LogP contribution in [0.15, 0.2) is 28.1 Å². The fourth-order valence-corrected chi connectivity index (χ4v) is 6.16. The fraction of sp³-hybridized carbons (Fsp3) is 0.483. The van der Waals surface area contributed by atoms with Crippen LogP contribution in [0.1, 0.15) is 55.5 Å². The Hall–Kier alpha value is -2.95. The summed E-state index contributed by atoms with van der Waals surface area (Å²) in [5, 5.41) is 11.1. The standard InChI is InChI=1S/C29H38N2O3/c1-13-17(5)25(30(9)10)18(6)14(2)21(13)23-27(32)24(29(34)28(23)33)22-15(3)19(7)26(31(11)12)20(8)16(22)4/h21,23H,1-12H3/p+1. The van der Waals surface area contributed by atoms with Gasteiger partial charge in [-0.2, -0.15) is 0 Å². The van der Waals surface area contributed by atoms with Crippen molar-refractivity contribution in [1.82, 2.24) is 0 Å². The van der Waals surface area contributed by atoms with E-state index in [1.807, 2.05) is 83.6 Å². The molecule has 0 saturated heterocycles. The van der Waals surface area contributed by atoms with E-state index in [1.54, 1.807) is 0 Å². The van der Waals surface area contributed by atoms with E-state index >= 15 is 0 Å². The number of carbonyl (C=O) groups is 2. The number of nitrogens with zero attached hydrogens (tertiary/aromatic N) is 2. The summed E-state index contributed by atoms with van der Waals surface area (Å²) >= 11 is 0. The van der Waals surface area contributed by atoms with Crippen molar-refractivity contribution in [1.29, 1.82) is 0 Å². The van der Waals surface area contributed by atoms with Crippen LogP contribution in [0.3, 0.4) is 0 Å². The summed E-state index contributed by atoms with van der Waals surface area (Å²) in [6, 6.07) is 0. The molecule has 1 atom stereocenters. The van der Waals surface area contributed by atoms with Gasteiger partial charge in [0, 0.05) is 36.8 Å². The van der Waals surface area contributed by atoms with Crippen molar-refractivity contribution in [2.24, 2.45) is 11.8 Å². The van der Waals surface area contributed by atoms with Gasteiger partial charge in [0.2, 0.25) is 11.5 Å². The highest BCUT2D eigenvalue weighted by Gasteiger charge is 2.49. The maximum Gasteiger partial charge on any atom is 0.209 e. The molecule has 5 nitrogen and oxygen atoms in total. The molecule has 5 heteroatoms. The predicted octanol–water partition coefficient (Wildman–Crippen LogP) is 5.04. The highest BCUT2D eigenvalue weighted by molar-refractivity contribution is 6.39. The second kappa shape index (κ2) is 8.68. The smallest absolute Gasteiger partial charge is 0.209 e.